The molecule has 0 aromatic carbocycles. The summed E-state index contributed by atoms with van der Waals surface area (Å²) >= 11 is 0. The molecule has 2 heterocycles. The molecule has 2 aliphatic rings. The van der Waals surface area contributed by atoms with Gasteiger partial charge in [-0.25, -0.2) is 0 Å². The lowest BCUT2D eigenvalue weighted by Crippen LogP contribution is -2.48. The van der Waals surface area contributed by atoms with Gasteiger partial charge in [0.2, 0.25) is 0 Å². The molecule has 19 heavy (non-hydrogen) atoms. The zero-order chi connectivity index (χ0) is 13.2. The predicted molar refractivity (Wildman–Crippen MR) is 72.0 cm³/mol. The molecule has 1 aromatic heterocycles. The first-order chi connectivity index (χ1) is 9.28. The van der Waals surface area contributed by atoms with Crippen molar-refractivity contribution in [2.24, 2.45) is 0 Å². The van der Waals surface area contributed by atoms with Crippen LogP contribution >= 0.6 is 0 Å². The predicted octanol–water partition coefficient (Wildman–Crippen LogP) is 1.13. The Hall–Kier alpha value is -1.49. The van der Waals surface area contributed by atoms with Gasteiger partial charge in [0.1, 0.15) is 0 Å². The zero-order valence-corrected chi connectivity index (χ0v) is 11.4. The fourth-order valence-electron chi connectivity index (χ4n) is 2.48. The Morgan fingerprint density at radius 2 is 1.95 bits per heavy atom. The molecule has 2 fully saturated rings. The van der Waals surface area contributed by atoms with Crippen molar-refractivity contribution in [1.82, 2.24) is 20.0 Å². The van der Waals surface area contributed by atoms with Crippen molar-refractivity contribution in [3.8, 4) is 0 Å². The SMILES string of the molecule is CCN1CCN(C(=O)c2ccc(C3CC3)nn2)CC1. The number of hydrogen-bond donors (Lipinski definition) is 0. The lowest BCUT2D eigenvalue weighted by Gasteiger charge is -2.33. The number of carbonyl (C=O) groups is 1. The number of piperazine rings is 1. The maximum absolute atomic E-state index is 12.3. The van der Waals surface area contributed by atoms with Crippen LogP contribution in [0, 0.1) is 0 Å². The zero-order valence-electron chi connectivity index (χ0n) is 11.4. The van der Waals surface area contributed by atoms with E-state index in [0.717, 1.165) is 38.4 Å². The Kier molecular flexibility index (Phi) is 3.46. The summed E-state index contributed by atoms with van der Waals surface area (Å²) in [7, 11) is 0. The highest BCUT2D eigenvalue weighted by atomic mass is 16.2. The monoisotopic (exact) mass is 260 g/mol. The molecule has 1 saturated carbocycles. The molecule has 1 aliphatic carbocycles. The Morgan fingerprint density at radius 1 is 1.21 bits per heavy atom. The summed E-state index contributed by atoms with van der Waals surface area (Å²) in [5.74, 6) is 0.607. The van der Waals surface area contributed by atoms with Crippen molar-refractivity contribution in [3.05, 3.63) is 23.5 Å². The van der Waals surface area contributed by atoms with E-state index in [1.54, 1.807) is 0 Å². The molecular formula is C14H20N4O. The van der Waals surface area contributed by atoms with Crippen LogP contribution in [0.5, 0.6) is 0 Å². The third kappa shape index (κ3) is 2.76. The van der Waals surface area contributed by atoms with Gasteiger partial charge in [0.15, 0.2) is 5.69 Å². The van der Waals surface area contributed by atoms with Gasteiger partial charge in [-0.15, -0.1) is 5.10 Å². The first kappa shape index (κ1) is 12.5. The standard InChI is InChI=1S/C14H20N4O/c1-2-17-7-9-18(10-8-17)14(19)13-6-5-12(15-16-13)11-3-4-11/h5-6,11H,2-4,7-10H2,1H3. The van der Waals surface area contributed by atoms with Crippen LogP contribution in [-0.4, -0.2) is 58.6 Å². The lowest BCUT2D eigenvalue weighted by atomic mass is 10.2. The van der Waals surface area contributed by atoms with Crippen molar-refractivity contribution < 1.29 is 4.79 Å². The van der Waals surface area contributed by atoms with Gasteiger partial charge in [-0.1, -0.05) is 6.92 Å². The Balaban J connectivity index is 1.63. The Bertz CT molecular complexity index is 447. The van der Waals surface area contributed by atoms with E-state index in [2.05, 4.69) is 22.0 Å². The summed E-state index contributed by atoms with van der Waals surface area (Å²) in [4.78, 5) is 16.5. The molecular weight excluding hydrogens is 240 g/mol. The van der Waals surface area contributed by atoms with Gasteiger partial charge < -0.3 is 9.80 Å². The molecule has 5 heteroatoms. The van der Waals surface area contributed by atoms with E-state index in [1.807, 2.05) is 17.0 Å². The van der Waals surface area contributed by atoms with Crippen molar-refractivity contribution in [3.63, 3.8) is 0 Å². The Labute approximate surface area is 113 Å². The number of carbonyl (C=O) groups excluding carboxylic acids is 1. The van der Waals surface area contributed by atoms with Crippen LogP contribution in [0.3, 0.4) is 0 Å². The van der Waals surface area contributed by atoms with Crippen LogP contribution < -0.4 is 0 Å². The smallest absolute Gasteiger partial charge is 0.274 e. The molecule has 102 valence electrons. The molecule has 0 atom stereocenters. The maximum atomic E-state index is 12.3. The summed E-state index contributed by atoms with van der Waals surface area (Å²) in [6.45, 7) is 6.70. The van der Waals surface area contributed by atoms with Gasteiger partial charge in [0.25, 0.3) is 5.91 Å². The molecule has 0 spiro atoms. The Morgan fingerprint density at radius 3 is 2.47 bits per heavy atom. The highest BCUT2D eigenvalue weighted by molar-refractivity contribution is 5.92. The van der Waals surface area contributed by atoms with Gasteiger partial charge in [0.05, 0.1) is 5.69 Å². The highest BCUT2D eigenvalue weighted by Gasteiger charge is 2.26. The van der Waals surface area contributed by atoms with E-state index in [-0.39, 0.29) is 5.91 Å². The molecule has 0 unspecified atom stereocenters. The summed E-state index contributed by atoms with van der Waals surface area (Å²) in [5, 5.41) is 8.28. The molecule has 0 bridgehead atoms. The summed E-state index contributed by atoms with van der Waals surface area (Å²) in [5.41, 5.74) is 1.52. The topological polar surface area (TPSA) is 49.3 Å². The second-order valence-corrected chi connectivity index (χ2v) is 5.34. The number of hydrogen-bond acceptors (Lipinski definition) is 4. The fraction of sp³-hybridized carbons (Fsp3) is 0.643. The quantitative estimate of drug-likeness (QED) is 0.817. The molecule has 3 rings (SSSR count). The van der Waals surface area contributed by atoms with Crippen molar-refractivity contribution in [2.45, 2.75) is 25.7 Å². The van der Waals surface area contributed by atoms with Gasteiger partial charge in [-0.2, -0.15) is 5.10 Å². The van der Waals surface area contributed by atoms with Crippen LogP contribution in [0.15, 0.2) is 12.1 Å². The summed E-state index contributed by atoms with van der Waals surface area (Å²) in [6.07, 6.45) is 2.42. The van der Waals surface area contributed by atoms with Crippen LogP contribution in [-0.2, 0) is 0 Å². The van der Waals surface area contributed by atoms with E-state index in [1.165, 1.54) is 12.8 Å². The molecule has 0 radical (unpaired) electrons. The third-order valence-electron chi connectivity index (χ3n) is 4.01. The number of amides is 1. The van der Waals surface area contributed by atoms with Crippen molar-refractivity contribution in [1.29, 1.82) is 0 Å². The van der Waals surface area contributed by atoms with Gasteiger partial charge in [-0.05, 0) is 31.5 Å². The van der Waals surface area contributed by atoms with E-state index in [4.69, 9.17) is 0 Å². The van der Waals surface area contributed by atoms with Gasteiger partial charge in [0, 0.05) is 32.1 Å². The van der Waals surface area contributed by atoms with Gasteiger partial charge in [-0.3, -0.25) is 4.79 Å². The van der Waals surface area contributed by atoms with E-state index < -0.39 is 0 Å². The minimum atomic E-state index is 0.0191. The third-order valence-corrected chi connectivity index (χ3v) is 4.01. The van der Waals surface area contributed by atoms with Gasteiger partial charge >= 0.3 is 0 Å². The summed E-state index contributed by atoms with van der Waals surface area (Å²) < 4.78 is 0. The number of nitrogens with zero attached hydrogens (tertiary/aromatic N) is 4. The summed E-state index contributed by atoms with van der Waals surface area (Å²) in [6, 6.07) is 3.79. The maximum Gasteiger partial charge on any atom is 0.274 e. The highest BCUT2D eigenvalue weighted by Crippen LogP contribution is 2.38. The van der Waals surface area contributed by atoms with Crippen LogP contribution in [0.2, 0.25) is 0 Å². The van der Waals surface area contributed by atoms with Crippen molar-refractivity contribution in [2.75, 3.05) is 32.7 Å². The molecule has 1 saturated heterocycles. The molecule has 1 amide bonds. The van der Waals surface area contributed by atoms with Crippen molar-refractivity contribution >= 4 is 5.91 Å². The fourth-order valence-corrected chi connectivity index (χ4v) is 2.48. The van der Waals surface area contributed by atoms with Crippen LogP contribution in [0.4, 0.5) is 0 Å². The molecule has 1 aromatic rings. The lowest BCUT2D eigenvalue weighted by molar-refractivity contribution is 0.0636. The largest absolute Gasteiger partial charge is 0.335 e. The average molecular weight is 260 g/mol. The van der Waals surface area contributed by atoms with E-state index in [0.29, 0.717) is 11.6 Å². The first-order valence-corrected chi connectivity index (χ1v) is 7.13. The second-order valence-electron chi connectivity index (χ2n) is 5.34. The minimum absolute atomic E-state index is 0.0191. The molecule has 5 nitrogen and oxygen atoms in total. The number of rotatable bonds is 3. The normalized spacial score (nSPS) is 20.6. The molecule has 0 N–H and O–H groups in total. The first-order valence-electron chi connectivity index (χ1n) is 7.13. The van der Waals surface area contributed by atoms with E-state index in [9.17, 15) is 4.79 Å². The number of likely N-dealkylation sites (N-methyl/N-ethyl adjacent to an activating group) is 1. The van der Waals surface area contributed by atoms with Crippen LogP contribution in [0.1, 0.15) is 41.9 Å². The van der Waals surface area contributed by atoms with E-state index >= 15 is 0 Å². The second kappa shape index (κ2) is 5.25. The van der Waals surface area contributed by atoms with Crippen LogP contribution in [0.25, 0.3) is 0 Å². The minimum Gasteiger partial charge on any atom is -0.335 e. The average Bonchev–Trinajstić information content (AvgIpc) is 3.31. The molecule has 1 aliphatic heterocycles. The number of aromatic nitrogens is 2.